The fourth-order valence-corrected chi connectivity index (χ4v) is 4.58. The Labute approximate surface area is 207 Å². The number of non-ortho nitro benzene ring substituents is 1. The SMILES string of the molecule is CCC(C)C1NC(=O)c2cc([N+](=O)[O-])ccc2SCC(C(N)=O)NC(=O)C(CCCCN)NC1=O. The van der Waals surface area contributed by atoms with E-state index in [1.165, 1.54) is 12.1 Å². The van der Waals surface area contributed by atoms with Crippen molar-refractivity contribution in [3.8, 4) is 0 Å². The number of nitro groups is 1. The number of rotatable bonds is 8. The van der Waals surface area contributed by atoms with Gasteiger partial charge in [0.15, 0.2) is 0 Å². The van der Waals surface area contributed by atoms with Crippen LogP contribution < -0.4 is 27.4 Å². The Morgan fingerprint density at radius 1 is 1.20 bits per heavy atom. The number of thioether (sulfide) groups is 1. The fraction of sp³-hybridized carbons (Fsp3) is 0.545. The highest BCUT2D eigenvalue weighted by Gasteiger charge is 2.33. The summed E-state index contributed by atoms with van der Waals surface area (Å²) in [6.07, 6.45) is 2.01. The predicted octanol–water partition coefficient (Wildman–Crippen LogP) is 0.429. The first-order chi connectivity index (χ1) is 16.6. The summed E-state index contributed by atoms with van der Waals surface area (Å²) >= 11 is 1.05. The Kier molecular flexibility index (Phi) is 10.5. The molecule has 4 amide bonds. The molecule has 4 unspecified atom stereocenters. The van der Waals surface area contributed by atoms with Crippen molar-refractivity contribution in [2.75, 3.05) is 12.3 Å². The zero-order valence-electron chi connectivity index (χ0n) is 19.7. The molecule has 1 aromatic rings. The third-order valence-electron chi connectivity index (χ3n) is 5.85. The van der Waals surface area contributed by atoms with E-state index in [0.29, 0.717) is 30.7 Å². The summed E-state index contributed by atoms with van der Waals surface area (Å²) in [5, 5.41) is 19.3. The fourth-order valence-electron chi connectivity index (χ4n) is 3.52. The van der Waals surface area contributed by atoms with Crippen LogP contribution in [0.1, 0.15) is 49.9 Å². The van der Waals surface area contributed by atoms with E-state index in [1.807, 2.05) is 6.92 Å². The molecular formula is C22H32N6O6S. The van der Waals surface area contributed by atoms with E-state index in [9.17, 15) is 29.3 Å². The third-order valence-corrected chi connectivity index (χ3v) is 7.01. The van der Waals surface area contributed by atoms with Crippen LogP contribution in [0.2, 0.25) is 0 Å². The van der Waals surface area contributed by atoms with E-state index >= 15 is 0 Å². The Balaban J connectivity index is 2.52. The van der Waals surface area contributed by atoms with Crippen molar-refractivity contribution in [3.63, 3.8) is 0 Å². The number of primary amides is 1. The smallest absolute Gasteiger partial charge is 0.270 e. The van der Waals surface area contributed by atoms with Gasteiger partial charge in [0.1, 0.15) is 18.1 Å². The molecule has 7 N–H and O–H groups in total. The van der Waals surface area contributed by atoms with E-state index in [0.717, 1.165) is 17.8 Å². The molecule has 0 fully saturated rings. The van der Waals surface area contributed by atoms with Crippen LogP contribution in [-0.2, 0) is 14.4 Å². The van der Waals surface area contributed by atoms with Crippen LogP contribution in [0.15, 0.2) is 23.1 Å². The van der Waals surface area contributed by atoms with Crippen molar-refractivity contribution in [2.24, 2.45) is 17.4 Å². The van der Waals surface area contributed by atoms with Gasteiger partial charge in [0, 0.05) is 22.8 Å². The Hall–Kier alpha value is -3.19. The lowest BCUT2D eigenvalue weighted by Crippen LogP contribution is -2.57. The maximum absolute atomic E-state index is 13.2. The number of nitro benzene ring substituents is 1. The molecule has 0 aliphatic carbocycles. The highest BCUT2D eigenvalue weighted by molar-refractivity contribution is 7.99. The van der Waals surface area contributed by atoms with Gasteiger partial charge in [0.05, 0.1) is 10.5 Å². The lowest BCUT2D eigenvalue weighted by molar-refractivity contribution is -0.384. The van der Waals surface area contributed by atoms with Crippen molar-refractivity contribution in [2.45, 2.75) is 62.6 Å². The lowest BCUT2D eigenvalue weighted by atomic mass is 9.97. The number of nitrogens with two attached hydrogens (primary N) is 2. The van der Waals surface area contributed by atoms with Gasteiger partial charge >= 0.3 is 0 Å². The molecule has 0 saturated heterocycles. The van der Waals surface area contributed by atoms with Crippen LogP contribution in [-0.4, -0.2) is 59.0 Å². The molecule has 4 atom stereocenters. The third kappa shape index (κ3) is 7.65. The largest absolute Gasteiger partial charge is 0.368 e. The monoisotopic (exact) mass is 508 g/mol. The Bertz CT molecular complexity index is 974. The van der Waals surface area contributed by atoms with Gasteiger partial charge in [-0.2, -0.15) is 0 Å². The van der Waals surface area contributed by atoms with E-state index in [1.54, 1.807) is 6.92 Å². The topological polar surface area (TPSA) is 200 Å². The van der Waals surface area contributed by atoms with Crippen LogP contribution in [0.25, 0.3) is 0 Å². The van der Waals surface area contributed by atoms with Crippen LogP contribution in [0.5, 0.6) is 0 Å². The lowest BCUT2D eigenvalue weighted by Gasteiger charge is -2.27. The number of nitrogens with zero attached hydrogens (tertiary/aromatic N) is 1. The summed E-state index contributed by atoms with van der Waals surface area (Å²) in [4.78, 5) is 62.5. The standard InChI is InChI=1S/C22H32N6O6S/c1-3-12(2)18-22(32)25-15(6-4-5-9-23)21(31)26-16(19(24)29)11-35-17-8-7-13(28(33)34)10-14(17)20(30)27-18/h7-8,10,12,15-16,18H,3-6,9,11,23H2,1-2H3,(H2,24,29)(H,25,32)(H,26,31)(H,27,30). The summed E-state index contributed by atoms with van der Waals surface area (Å²) in [6.45, 7) is 4.04. The van der Waals surface area contributed by atoms with E-state index in [4.69, 9.17) is 11.5 Å². The zero-order chi connectivity index (χ0) is 26.1. The van der Waals surface area contributed by atoms with Gasteiger partial charge in [-0.3, -0.25) is 29.3 Å². The molecule has 0 radical (unpaired) electrons. The number of unbranched alkanes of at least 4 members (excludes halogenated alkanes) is 1. The number of hydrogen-bond acceptors (Lipinski definition) is 8. The molecule has 13 heteroatoms. The molecule has 0 saturated carbocycles. The second-order valence-electron chi connectivity index (χ2n) is 8.39. The number of fused-ring (bicyclic) bond motifs is 1. The van der Waals surface area contributed by atoms with Gasteiger partial charge in [0.2, 0.25) is 17.7 Å². The number of amides is 4. The Morgan fingerprint density at radius 2 is 1.91 bits per heavy atom. The minimum absolute atomic E-state index is 0.0152. The van der Waals surface area contributed by atoms with Gasteiger partial charge in [-0.15, -0.1) is 11.8 Å². The van der Waals surface area contributed by atoms with Crippen LogP contribution in [0, 0.1) is 16.0 Å². The number of carbonyl (C=O) groups is 4. The number of hydrogen-bond donors (Lipinski definition) is 5. The molecule has 0 spiro atoms. The van der Waals surface area contributed by atoms with Gasteiger partial charge in [-0.05, 0) is 37.8 Å². The van der Waals surface area contributed by atoms with E-state index in [-0.39, 0.29) is 29.3 Å². The number of benzene rings is 1. The van der Waals surface area contributed by atoms with E-state index in [2.05, 4.69) is 16.0 Å². The summed E-state index contributed by atoms with van der Waals surface area (Å²) < 4.78 is 0. The summed E-state index contributed by atoms with van der Waals surface area (Å²) in [5.74, 6) is -2.93. The molecule has 1 aliphatic rings. The number of carbonyl (C=O) groups excluding carboxylic acids is 4. The van der Waals surface area contributed by atoms with Crippen molar-refractivity contribution in [1.82, 2.24) is 16.0 Å². The quantitative estimate of drug-likeness (QED) is 0.189. The molecule has 192 valence electrons. The minimum Gasteiger partial charge on any atom is -0.368 e. The second kappa shape index (κ2) is 13.0. The van der Waals surface area contributed by atoms with Gasteiger partial charge in [-0.25, -0.2) is 0 Å². The first-order valence-electron chi connectivity index (χ1n) is 11.4. The maximum Gasteiger partial charge on any atom is 0.270 e. The first kappa shape index (κ1) is 28.1. The summed E-state index contributed by atoms with van der Waals surface area (Å²) in [6, 6.07) is 0.692. The Morgan fingerprint density at radius 3 is 2.51 bits per heavy atom. The molecular weight excluding hydrogens is 476 g/mol. The maximum atomic E-state index is 13.2. The predicted molar refractivity (Wildman–Crippen MR) is 130 cm³/mol. The zero-order valence-corrected chi connectivity index (χ0v) is 20.6. The number of nitrogens with one attached hydrogen (secondary N) is 3. The molecule has 1 heterocycles. The van der Waals surface area contributed by atoms with Crippen molar-refractivity contribution in [3.05, 3.63) is 33.9 Å². The van der Waals surface area contributed by atoms with Crippen LogP contribution >= 0.6 is 11.8 Å². The molecule has 1 aliphatic heterocycles. The van der Waals surface area contributed by atoms with E-state index < -0.39 is 46.7 Å². The molecule has 2 rings (SSSR count). The highest BCUT2D eigenvalue weighted by Crippen LogP contribution is 2.28. The van der Waals surface area contributed by atoms with Gasteiger partial charge in [-0.1, -0.05) is 20.3 Å². The van der Waals surface area contributed by atoms with Crippen LogP contribution in [0.3, 0.4) is 0 Å². The minimum atomic E-state index is -1.10. The van der Waals surface area contributed by atoms with Gasteiger partial charge < -0.3 is 27.4 Å². The summed E-state index contributed by atoms with van der Waals surface area (Å²) in [7, 11) is 0. The molecule has 1 aromatic carbocycles. The molecule has 12 nitrogen and oxygen atoms in total. The van der Waals surface area contributed by atoms with Crippen molar-refractivity contribution in [1.29, 1.82) is 0 Å². The molecule has 0 aromatic heterocycles. The van der Waals surface area contributed by atoms with Gasteiger partial charge in [0.25, 0.3) is 11.6 Å². The van der Waals surface area contributed by atoms with Crippen molar-refractivity contribution >= 4 is 41.1 Å². The summed E-state index contributed by atoms with van der Waals surface area (Å²) in [5.41, 5.74) is 10.7. The molecule has 35 heavy (non-hydrogen) atoms. The normalized spacial score (nSPS) is 22.3. The average molecular weight is 509 g/mol. The average Bonchev–Trinajstić information content (AvgIpc) is 2.83. The molecule has 0 bridgehead atoms. The second-order valence-corrected chi connectivity index (χ2v) is 9.46. The first-order valence-corrected chi connectivity index (χ1v) is 12.4. The van der Waals surface area contributed by atoms with Crippen LogP contribution in [0.4, 0.5) is 5.69 Å². The van der Waals surface area contributed by atoms with Crippen molar-refractivity contribution < 1.29 is 24.1 Å². The highest BCUT2D eigenvalue weighted by atomic mass is 32.2.